The molecule has 1 aromatic rings. The molecule has 0 saturated carbocycles. The summed E-state index contributed by atoms with van der Waals surface area (Å²) in [6.45, 7) is 0.921. The molecule has 7 heteroatoms. The Morgan fingerprint density at radius 3 is 3.00 bits per heavy atom. The van der Waals surface area contributed by atoms with Gasteiger partial charge in [0, 0.05) is 12.8 Å². The molecule has 0 spiro atoms. The molecule has 0 amide bonds. The molecule has 0 bridgehead atoms. The summed E-state index contributed by atoms with van der Waals surface area (Å²) in [5.41, 5.74) is 0. The van der Waals surface area contributed by atoms with Crippen LogP contribution in [0.25, 0.3) is 0 Å². The van der Waals surface area contributed by atoms with Crippen LogP contribution in [0.1, 0.15) is 24.6 Å². The average Bonchev–Trinajstić information content (AvgIpc) is 2.87. The minimum atomic E-state index is -2.82. The fourth-order valence-electron chi connectivity index (χ4n) is 2.18. The Balaban J connectivity index is 1.83. The Hall–Kier alpha value is -0.950. The van der Waals surface area contributed by atoms with E-state index < -0.39 is 9.84 Å². The van der Waals surface area contributed by atoms with Gasteiger partial charge in [0.2, 0.25) is 5.89 Å². The molecule has 2 rings (SSSR count). The minimum absolute atomic E-state index is 0.139. The zero-order valence-corrected chi connectivity index (χ0v) is 11.4. The molecule has 0 radical (unpaired) electrons. The van der Waals surface area contributed by atoms with Gasteiger partial charge in [0.15, 0.2) is 15.7 Å². The lowest BCUT2D eigenvalue weighted by atomic mass is 10.1. The van der Waals surface area contributed by atoms with Crippen LogP contribution in [0, 0.1) is 5.92 Å². The molecule has 1 fully saturated rings. The lowest BCUT2D eigenvalue weighted by Crippen LogP contribution is -2.09. The average molecular weight is 273 g/mol. The summed E-state index contributed by atoms with van der Waals surface area (Å²) < 4.78 is 27.8. The Morgan fingerprint density at radius 1 is 1.50 bits per heavy atom. The van der Waals surface area contributed by atoms with Gasteiger partial charge in [0.05, 0.1) is 11.5 Å². The van der Waals surface area contributed by atoms with E-state index >= 15 is 0 Å². The van der Waals surface area contributed by atoms with E-state index in [2.05, 4.69) is 15.5 Å². The van der Waals surface area contributed by atoms with E-state index in [0.717, 1.165) is 19.4 Å². The molecule has 1 aromatic heterocycles. The summed E-state index contributed by atoms with van der Waals surface area (Å²) >= 11 is 0. The Bertz CT molecular complexity index is 483. The molecule has 102 valence electrons. The lowest BCUT2D eigenvalue weighted by molar-refractivity contribution is 0.355. The standard InChI is InChI=1S/C11H19N3O3S/c1-12-5-2-3-10-13-11(17-14-10)7-9-4-6-18(15,16)8-9/h9,12H,2-8H2,1H3. The first kappa shape index (κ1) is 13.5. The van der Waals surface area contributed by atoms with Crippen LogP contribution >= 0.6 is 0 Å². The molecule has 0 aromatic carbocycles. The highest BCUT2D eigenvalue weighted by atomic mass is 32.2. The van der Waals surface area contributed by atoms with E-state index in [1.54, 1.807) is 0 Å². The minimum Gasteiger partial charge on any atom is -0.339 e. The van der Waals surface area contributed by atoms with Crippen molar-refractivity contribution in [2.45, 2.75) is 25.7 Å². The van der Waals surface area contributed by atoms with Crippen molar-refractivity contribution in [1.29, 1.82) is 0 Å². The van der Waals surface area contributed by atoms with Crippen LogP contribution in [0.5, 0.6) is 0 Å². The van der Waals surface area contributed by atoms with Crippen LogP contribution in [-0.4, -0.2) is 43.7 Å². The van der Waals surface area contributed by atoms with Crippen molar-refractivity contribution in [3.05, 3.63) is 11.7 Å². The van der Waals surface area contributed by atoms with Crippen molar-refractivity contribution in [1.82, 2.24) is 15.5 Å². The van der Waals surface area contributed by atoms with Crippen molar-refractivity contribution in [3.8, 4) is 0 Å². The summed E-state index contributed by atoms with van der Waals surface area (Å²) in [5, 5.41) is 6.96. The largest absolute Gasteiger partial charge is 0.339 e. The summed E-state index contributed by atoms with van der Waals surface area (Å²) in [6, 6.07) is 0. The van der Waals surface area contributed by atoms with Crippen molar-refractivity contribution in [2.24, 2.45) is 5.92 Å². The van der Waals surface area contributed by atoms with Crippen molar-refractivity contribution >= 4 is 9.84 Å². The number of rotatable bonds is 6. The SMILES string of the molecule is CNCCCc1noc(CC2CCS(=O)(=O)C2)n1. The van der Waals surface area contributed by atoms with Crippen LogP contribution in [0.15, 0.2) is 4.52 Å². The maximum absolute atomic E-state index is 11.3. The summed E-state index contributed by atoms with van der Waals surface area (Å²) in [6.07, 6.45) is 3.04. The number of hydrogen-bond donors (Lipinski definition) is 1. The lowest BCUT2D eigenvalue weighted by Gasteiger charge is -2.01. The smallest absolute Gasteiger partial charge is 0.226 e. The molecule has 2 heterocycles. The molecule has 1 unspecified atom stereocenters. The zero-order valence-electron chi connectivity index (χ0n) is 10.6. The molecule has 1 saturated heterocycles. The van der Waals surface area contributed by atoms with E-state index in [0.29, 0.717) is 30.3 Å². The predicted octanol–water partition coefficient (Wildman–Crippen LogP) is 0.199. The van der Waals surface area contributed by atoms with Crippen LogP contribution in [0.3, 0.4) is 0 Å². The maximum Gasteiger partial charge on any atom is 0.226 e. The summed E-state index contributed by atoms with van der Waals surface area (Å²) in [7, 11) is -0.919. The van der Waals surface area contributed by atoms with E-state index in [1.807, 2.05) is 7.05 Å². The van der Waals surface area contributed by atoms with E-state index in [9.17, 15) is 8.42 Å². The van der Waals surface area contributed by atoms with Crippen molar-refractivity contribution in [3.63, 3.8) is 0 Å². The second-order valence-electron chi connectivity index (χ2n) is 4.78. The van der Waals surface area contributed by atoms with E-state index in [-0.39, 0.29) is 11.7 Å². The third-order valence-corrected chi connectivity index (χ3v) is 4.96. The van der Waals surface area contributed by atoms with E-state index in [4.69, 9.17) is 4.52 Å². The summed E-state index contributed by atoms with van der Waals surface area (Å²) in [4.78, 5) is 4.29. The van der Waals surface area contributed by atoms with Gasteiger partial charge in [-0.15, -0.1) is 0 Å². The molecule has 1 aliphatic heterocycles. The predicted molar refractivity (Wildman–Crippen MR) is 67.0 cm³/mol. The molecule has 0 aliphatic carbocycles. The second-order valence-corrected chi connectivity index (χ2v) is 7.01. The highest BCUT2D eigenvalue weighted by Crippen LogP contribution is 2.21. The van der Waals surface area contributed by atoms with Gasteiger partial charge in [-0.3, -0.25) is 0 Å². The Morgan fingerprint density at radius 2 is 2.33 bits per heavy atom. The van der Waals surface area contributed by atoms with Crippen LogP contribution in [0.2, 0.25) is 0 Å². The zero-order chi connectivity index (χ0) is 13.0. The number of nitrogens with one attached hydrogen (secondary N) is 1. The molecule has 1 atom stereocenters. The van der Waals surface area contributed by atoms with Gasteiger partial charge in [-0.1, -0.05) is 5.16 Å². The topological polar surface area (TPSA) is 85.1 Å². The highest BCUT2D eigenvalue weighted by Gasteiger charge is 2.29. The highest BCUT2D eigenvalue weighted by molar-refractivity contribution is 7.91. The van der Waals surface area contributed by atoms with Crippen molar-refractivity contribution in [2.75, 3.05) is 25.1 Å². The van der Waals surface area contributed by atoms with Gasteiger partial charge in [-0.2, -0.15) is 4.98 Å². The van der Waals surface area contributed by atoms with Crippen molar-refractivity contribution < 1.29 is 12.9 Å². The molecule has 1 N–H and O–H groups in total. The number of sulfone groups is 1. The molecule has 1 aliphatic rings. The van der Waals surface area contributed by atoms with Gasteiger partial charge in [0.25, 0.3) is 0 Å². The molecule has 18 heavy (non-hydrogen) atoms. The first-order valence-electron chi connectivity index (χ1n) is 6.25. The van der Waals surface area contributed by atoms with Gasteiger partial charge in [-0.05, 0) is 32.4 Å². The third-order valence-electron chi connectivity index (χ3n) is 3.13. The second kappa shape index (κ2) is 5.79. The Labute approximate surface area is 107 Å². The monoisotopic (exact) mass is 273 g/mol. The maximum atomic E-state index is 11.3. The molecule has 6 nitrogen and oxygen atoms in total. The fourth-order valence-corrected chi connectivity index (χ4v) is 4.04. The normalized spacial score (nSPS) is 22.4. The molecular weight excluding hydrogens is 254 g/mol. The quantitative estimate of drug-likeness (QED) is 0.745. The van der Waals surface area contributed by atoms with Crippen LogP contribution in [-0.2, 0) is 22.7 Å². The van der Waals surface area contributed by atoms with Gasteiger partial charge >= 0.3 is 0 Å². The summed E-state index contributed by atoms with van der Waals surface area (Å²) in [5.74, 6) is 1.96. The fraction of sp³-hybridized carbons (Fsp3) is 0.818. The Kier molecular flexibility index (Phi) is 4.34. The number of aromatic nitrogens is 2. The third kappa shape index (κ3) is 3.78. The van der Waals surface area contributed by atoms with E-state index in [1.165, 1.54) is 0 Å². The van der Waals surface area contributed by atoms with Crippen LogP contribution < -0.4 is 5.32 Å². The number of hydrogen-bond acceptors (Lipinski definition) is 6. The van der Waals surface area contributed by atoms with Gasteiger partial charge in [0.1, 0.15) is 0 Å². The van der Waals surface area contributed by atoms with Gasteiger partial charge < -0.3 is 9.84 Å². The number of aryl methyl sites for hydroxylation is 1. The number of nitrogens with zero attached hydrogens (tertiary/aromatic N) is 2. The van der Waals surface area contributed by atoms with Gasteiger partial charge in [-0.25, -0.2) is 8.42 Å². The van der Waals surface area contributed by atoms with Crippen LogP contribution in [0.4, 0.5) is 0 Å². The first-order chi connectivity index (χ1) is 8.59. The molecular formula is C11H19N3O3S. The first-order valence-corrected chi connectivity index (χ1v) is 8.07.